The lowest BCUT2D eigenvalue weighted by Gasteiger charge is -2.39. The maximum Gasteiger partial charge on any atom is 0.409 e. The number of aliphatic hydroxyl groups excluding tert-OH is 1. The molecule has 1 atom stereocenters. The van der Waals surface area contributed by atoms with Crippen molar-refractivity contribution in [2.45, 2.75) is 38.3 Å². The van der Waals surface area contributed by atoms with E-state index in [-0.39, 0.29) is 17.7 Å². The number of hydrogen-bond donors (Lipinski definition) is 3. The van der Waals surface area contributed by atoms with Crippen molar-refractivity contribution in [2.75, 3.05) is 67.5 Å². The minimum absolute atomic E-state index is 0.216. The van der Waals surface area contributed by atoms with E-state index in [2.05, 4.69) is 50.5 Å². The Balaban J connectivity index is 1.18. The zero-order valence-corrected chi connectivity index (χ0v) is 25.0. The topological polar surface area (TPSA) is 123 Å². The molecule has 0 spiro atoms. The number of nitrogens with zero attached hydrogens (tertiary/aromatic N) is 4. The summed E-state index contributed by atoms with van der Waals surface area (Å²) >= 11 is 6.75. The molecule has 0 radical (unpaired) electrons. The zero-order chi connectivity index (χ0) is 29.9. The molecule has 12 heteroatoms. The fourth-order valence-corrected chi connectivity index (χ4v) is 5.86. The highest BCUT2D eigenvalue weighted by Gasteiger charge is 2.30. The van der Waals surface area contributed by atoms with E-state index < -0.39 is 6.23 Å². The van der Waals surface area contributed by atoms with Crippen molar-refractivity contribution in [1.29, 1.82) is 0 Å². The van der Waals surface area contributed by atoms with Gasteiger partial charge in [-0.05, 0) is 56.5 Å². The largest absolute Gasteiger partial charge is 0.448 e. The second-order valence-corrected chi connectivity index (χ2v) is 11.7. The quantitative estimate of drug-likeness (QED) is 0.213. The lowest BCUT2D eigenvalue weighted by Crippen LogP contribution is -2.47. The number of aryl methyl sites for hydroxylation is 1. The third kappa shape index (κ3) is 6.74. The first-order valence-electron chi connectivity index (χ1n) is 14.9. The van der Waals surface area contributed by atoms with E-state index >= 15 is 0 Å². The molecule has 3 N–H and O–H groups in total. The van der Waals surface area contributed by atoms with Crippen LogP contribution >= 0.6 is 11.6 Å². The molecule has 2 aromatic carbocycles. The lowest BCUT2D eigenvalue weighted by molar-refractivity contribution is 0.102. The number of carbonyl (C=O) groups is 2. The number of oxazole rings is 1. The van der Waals surface area contributed by atoms with Crippen LogP contribution in [0.1, 0.15) is 58.9 Å². The van der Waals surface area contributed by atoms with Crippen LogP contribution < -0.4 is 20.4 Å². The van der Waals surface area contributed by atoms with E-state index in [0.29, 0.717) is 60.7 Å². The summed E-state index contributed by atoms with van der Waals surface area (Å²) in [7, 11) is 0. The number of aliphatic hydroxyl groups is 1. The van der Waals surface area contributed by atoms with Crippen molar-refractivity contribution in [3.8, 4) is 0 Å². The third-order valence-corrected chi connectivity index (χ3v) is 8.53. The molecule has 228 valence electrons. The number of halogens is 1. The Hall–Kier alpha value is -3.80. The summed E-state index contributed by atoms with van der Waals surface area (Å²) in [5, 5.41) is 17.5. The summed E-state index contributed by atoms with van der Waals surface area (Å²) in [6.07, 6.45) is 2.69. The van der Waals surface area contributed by atoms with Crippen LogP contribution in [0.5, 0.6) is 0 Å². The van der Waals surface area contributed by atoms with E-state index in [4.69, 9.17) is 20.8 Å². The van der Waals surface area contributed by atoms with Crippen molar-refractivity contribution >= 4 is 40.7 Å². The van der Waals surface area contributed by atoms with Gasteiger partial charge in [0.2, 0.25) is 0 Å². The summed E-state index contributed by atoms with van der Waals surface area (Å²) in [5.41, 5.74) is 4.42. The smallest absolute Gasteiger partial charge is 0.409 e. The molecular weight excluding hydrogens is 572 g/mol. The van der Waals surface area contributed by atoms with Gasteiger partial charge in [-0.15, -0.1) is 0 Å². The lowest BCUT2D eigenvalue weighted by atomic mass is 10.1. The summed E-state index contributed by atoms with van der Waals surface area (Å²) < 4.78 is 10.5. The summed E-state index contributed by atoms with van der Waals surface area (Å²) in [5.74, 6) is 0.501. The SMILES string of the molecule is Cc1ccccc1N1CCN(c2cc(Cl)c(C(O)NCCCN3CCOC3=O)cc2NC(=O)c2coc(C3CC3)n2)CC1. The molecule has 3 aromatic rings. The van der Waals surface area contributed by atoms with Crippen LogP contribution in [0, 0.1) is 6.92 Å². The van der Waals surface area contributed by atoms with Crippen LogP contribution in [0.4, 0.5) is 21.9 Å². The van der Waals surface area contributed by atoms with Gasteiger partial charge in [0.15, 0.2) is 11.6 Å². The normalized spacial score (nSPS) is 17.7. The number of benzene rings is 2. The number of carbonyl (C=O) groups excluding carboxylic acids is 2. The molecular formula is C31H37ClN6O5. The fraction of sp³-hybridized carbons (Fsp3) is 0.452. The summed E-state index contributed by atoms with van der Waals surface area (Å²) in [4.78, 5) is 35.6. The summed E-state index contributed by atoms with van der Waals surface area (Å²) in [6, 6.07) is 11.9. The van der Waals surface area contributed by atoms with E-state index in [1.807, 2.05) is 6.07 Å². The maximum absolute atomic E-state index is 13.3. The van der Waals surface area contributed by atoms with Gasteiger partial charge in [0.05, 0.1) is 17.9 Å². The number of aromatic nitrogens is 1. The molecule has 3 heterocycles. The minimum Gasteiger partial charge on any atom is -0.448 e. The first kappa shape index (κ1) is 29.3. The average Bonchev–Trinajstić information content (AvgIpc) is 3.59. The average molecular weight is 609 g/mol. The monoisotopic (exact) mass is 608 g/mol. The molecule has 1 saturated carbocycles. The van der Waals surface area contributed by atoms with E-state index in [9.17, 15) is 14.7 Å². The number of rotatable bonds is 11. The molecule has 1 aliphatic carbocycles. The maximum atomic E-state index is 13.3. The van der Waals surface area contributed by atoms with E-state index in [0.717, 1.165) is 44.7 Å². The van der Waals surface area contributed by atoms with Gasteiger partial charge in [-0.25, -0.2) is 9.78 Å². The van der Waals surface area contributed by atoms with E-state index in [1.165, 1.54) is 17.5 Å². The number of amides is 2. The molecule has 6 rings (SSSR count). The van der Waals surface area contributed by atoms with Gasteiger partial charge in [-0.2, -0.15) is 0 Å². The third-order valence-electron chi connectivity index (χ3n) is 8.20. The number of cyclic esters (lactones) is 1. The highest BCUT2D eigenvalue weighted by Crippen LogP contribution is 2.40. The van der Waals surface area contributed by atoms with Gasteiger partial charge in [-0.3, -0.25) is 10.1 Å². The van der Waals surface area contributed by atoms with Crippen LogP contribution in [0.3, 0.4) is 0 Å². The number of hydrogen-bond acceptors (Lipinski definition) is 9. The fourth-order valence-electron chi connectivity index (χ4n) is 5.60. The molecule has 0 bridgehead atoms. The predicted octanol–water partition coefficient (Wildman–Crippen LogP) is 4.52. The number of nitrogens with one attached hydrogen (secondary N) is 2. The van der Waals surface area contributed by atoms with Gasteiger partial charge >= 0.3 is 6.09 Å². The number of ether oxygens (including phenoxy) is 1. The molecule has 2 aliphatic heterocycles. The van der Waals surface area contributed by atoms with Crippen LogP contribution in [0.2, 0.25) is 5.02 Å². The van der Waals surface area contributed by atoms with Crippen molar-refractivity contribution in [3.63, 3.8) is 0 Å². The molecule has 3 fully saturated rings. The van der Waals surface area contributed by atoms with Crippen molar-refractivity contribution in [3.05, 3.63) is 70.4 Å². The molecule has 11 nitrogen and oxygen atoms in total. The second kappa shape index (κ2) is 12.8. The van der Waals surface area contributed by atoms with Gasteiger partial charge in [0.1, 0.15) is 19.1 Å². The van der Waals surface area contributed by atoms with Gasteiger partial charge in [-0.1, -0.05) is 29.8 Å². The highest BCUT2D eigenvalue weighted by atomic mass is 35.5. The number of anilines is 3. The Morgan fingerprint density at radius 3 is 2.56 bits per heavy atom. The Morgan fingerprint density at radius 1 is 1.12 bits per heavy atom. The molecule has 1 aromatic heterocycles. The van der Waals surface area contributed by atoms with Crippen LogP contribution in [0.25, 0.3) is 0 Å². The Kier molecular flexibility index (Phi) is 8.73. The summed E-state index contributed by atoms with van der Waals surface area (Å²) in [6.45, 7) is 7.14. The minimum atomic E-state index is -1.07. The van der Waals surface area contributed by atoms with Crippen LogP contribution in [0.15, 0.2) is 47.1 Å². The van der Waals surface area contributed by atoms with Crippen LogP contribution in [-0.2, 0) is 4.74 Å². The van der Waals surface area contributed by atoms with Gasteiger partial charge < -0.3 is 34.3 Å². The van der Waals surface area contributed by atoms with Crippen LogP contribution in [-0.4, -0.2) is 79.4 Å². The zero-order valence-electron chi connectivity index (χ0n) is 24.2. The number of para-hydroxylation sites is 1. The molecule has 43 heavy (non-hydrogen) atoms. The number of piperazine rings is 1. The van der Waals surface area contributed by atoms with Crippen molar-refractivity contribution < 1.29 is 23.8 Å². The predicted molar refractivity (Wildman–Crippen MR) is 164 cm³/mol. The van der Waals surface area contributed by atoms with Crippen molar-refractivity contribution in [2.24, 2.45) is 0 Å². The molecule has 2 saturated heterocycles. The Bertz CT molecular complexity index is 1470. The molecule has 3 aliphatic rings. The first-order valence-corrected chi connectivity index (χ1v) is 15.2. The Labute approximate surface area is 255 Å². The Morgan fingerprint density at radius 2 is 1.86 bits per heavy atom. The first-order chi connectivity index (χ1) is 20.9. The standard InChI is InChI=1S/C31H37ClN6O5/c1-20-5-2-3-6-26(20)36-11-13-37(14-12-36)27-18-23(32)22(28(39)33-9-4-10-38-15-16-42-31(38)41)17-24(27)34-29(40)25-19-43-30(35-25)21-7-8-21/h2-3,5-6,17-19,21,28,33,39H,4,7-16H2,1H3,(H,34,40). The second-order valence-electron chi connectivity index (χ2n) is 11.3. The van der Waals surface area contributed by atoms with Gasteiger partial charge in [0.25, 0.3) is 5.91 Å². The molecule has 2 amide bonds. The highest BCUT2D eigenvalue weighted by molar-refractivity contribution is 6.32. The van der Waals surface area contributed by atoms with Crippen molar-refractivity contribution in [1.82, 2.24) is 15.2 Å². The van der Waals surface area contributed by atoms with Gasteiger partial charge in [0, 0.05) is 54.9 Å². The van der Waals surface area contributed by atoms with E-state index in [1.54, 1.807) is 17.0 Å². The molecule has 1 unspecified atom stereocenters.